The Morgan fingerprint density at radius 1 is 1.44 bits per heavy atom. The van der Waals surface area contributed by atoms with Crippen LogP contribution < -0.4 is 0 Å². The van der Waals surface area contributed by atoms with E-state index >= 15 is 0 Å². The van der Waals surface area contributed by atoms with E-state index in [9.17, 15) is 0 Å². The lowest BCUT2D eigenvalue weighted by molar-refractivity contribution is 0.180. The van der Waals surface area contributed by atoms with E-state index in [1.54, 1.807) is 6.92 Å². The van der Waals surface area contributed by atoms with Crippen LogP contribution >= 0.6 is 0 Å². The van der Waals surface area contributed by atoms with Crippen molar-refractivity contribution in [2.24, 2.45) is 0 Å². The summed E-state index contributed by atoms with van der Waals surface area (Å²) in [5, 5.41) is 8.98. The molecule has 0 bridgehead atoms. The van der Waals surface area contributed by atoms with Crippen LogP contribution in [-0.2, 0) is 0 Å². The van der Waals surface area contributed by atoms with Crippen LogP contribution in [0.5, 0.6) is 0 Å². The zero-order chi connectivity index (χ0) is 8.04. The highest BCUT2D eigenvalue weighted by molar-refractivity contribution is 4.47. The van der Waals surface area contributed by atoms with Gasteiger partial charge in [-0.3, -0.25) is 0 Å². The monoisotopic (exact) mass is 131 g/mol. The summed E-state index contributed by atoms with van der Waals surface area (Å²) in [6, 6.07) is 0. The molecule has 0 heterocycles. The Balaban J connectivity index is 3.04. The Morgan fingerprint density at radius 2 is 2.11 bits per heavy atom. The molecule has 56 valence electrons. The zero-order valence-corrected chi connectivity index (χ0v) is 6.48. The van der Waals surface area contributed by atoms with Crippen molar-refractivity contribution < 1.29 is 6.48 Å². The van der Waals surface area contributed by atoms with Gasteiger partial charge >= 0.3 is 0 Å². The highest BCUT2D eigenvalue weighted by Gasteiger charge is 1.93. The molecule has 0 fully saturated rings. The second-order valence-electron chi connectivity index (χ2n) is 2.55. The summed E-state index contributed by atoms with van der Waals surface area (Å²) in [4.78, 5) is 0. The van der Waals surface area contributed by atoms with E-state index in [4.69, 9.17) is 6.48 Å². The summed E-state index contributed by atoms with van der Waals surface area (Å²) in [6.07, 6.45) is 3.95. The summed E-state index contributed by atoms with van der Waals surface area (Å²) in [5.74, 6) is 0. The highest BCUT2D eigenvalue weighted by atomic mass is 16.3. The Morgan fingerprint density at radius 3 is 2.56 bits per heavy atom. The van der Waals surface area contributed by atoms with Crippen LogP contribution in [-0.4, -0.2) is 11.2 Å². The molecular weight excluding hydrogens is 112 g/mol. The third-order valence-electron chi connectivity index (χ3n) is 1.39. The Hall–Kier alpha value is -0.0400. The fraction of sp³-hybridized carbons (Fsp3) is 1.00. The predicted octanol–water partition coefficient (Wildman–Crippen LogP) is 2.34. The zero-order valence-electron chi connectivity index (χ0n) is 7.48. The highest BCUT2D eigenvalue weighted by Crippen LogP contribution is 2.04. The lowest BCUT2D eigenvalue weighted by Gasteiger charge is -2.01. The number of hydrogen-bond donors (Lipinski definition) is 1. The molecule has 0 aromatic heterocycles. The first-order valence-corrected chi connectivity index (χ1v) is 3.78. The van der Waals surface area contributed by atoms with Gasteiger partial charge in [0.25, 0.3) is 0 Å². The molecule has 1 unspecified atom stereocenters. The van der Waals surface area contributed by atoms with E-state index in [1.165, 1.54) is 12.8 Å². The van der Waals surface area contributed by atoms with Gasteiger partial charge in [-0.05, 0) is 13.3 Å². The van der Waals surface area contributed by atoms with E-state index in [0.29, 0.717) is 6.42 Å². The molecule has 0 aliphatic heterocycles. The number of rotatable bonds is 5. The molecule has 0 saturated heterocycles. The van der Waals surface area contributed by atoms with Crippen LogP contribution in [0.2, 0.25) is 0 Å². The van der Waals surface area contributed by atoms with E-state index in [1.807, 2.05) is 0 Å². The first-order chi connectivity index (χ1) is 4.56. The minimum Gasteiger partial charge on any atom is -0.393 e. The third-order valence-corrected chi connectivity index (χ3v) is 1.39. The second-order valence-corrected chi connectivity index (χ2v) is 2.55. The van der Waals surface area contributed by atoms with Gasteiger partial charge in [-0.2, -0.15) is 0 Å². The van der Waals surface area contributed by atoms with E-state index < -0.39 is 6.08 Å². The standard InChI is InChI=1S/C8H18O/c1-3-4-5-6-7-8(2)9/h8-9H,3-7H2,1-2H3/i8D. The number of unbranched alkanes of at least 4 members (excludes halogenated alkanes) is 3. The Labute approximate surface area is 59.5 Å². The van der Waals surface area contributed by atoms with Crippen LogP contribution in [0.25, 0.3) is 0 Å². The van der Waals surface area contributed by atoms with Gasteiger partial charge in [-0.15, -0.1) is 0 Å². The van der Waals surface area contributed by atoms with Crippen LogP contribution in [0, 0.1) is 0 Å². The molecule has 0 aromatic carbocycles. The molecule has 0 rings (SSSR count). The second kappa shape index (κ2) is 6.09. The van der Waals surface area contributed by atoms with E-state index in [2.05, 4.69) is 6.92 Å². The SMILES string of the molecule is [2H]C(C)(O)CCCCCC. The van der Waals surface area contributed by atoms with Crippen molar-refractivity contribution in [2.45, 2.75) is 52.0 Å². The number of hydrogen-bond acceptors (Lipinski definition) is 1. The maximum atomic E-state index is 8.98. The molecule has 0 amide bonds. The molecule has 0 radical (unpaired) electrons. The molecule has 0 saturated carbocycles. The molecule has 0 aliphatic carbocycles. The maximum Gasteiger partial charge on any atom is 0.0597 e. The predicted molar refractivity (Wildman–Crippen MR) is 40.4 cm³/mol. The molecule has 1 atom stereocenters. The van der Waals surface area contributed by atoms with E-state index in [0.717, 1.165) is 12.8 Å². The molecule has 0 aromatic rings. The third kappa shape index (κ3) is 7.96. The quantitative estimate of drug-likeness (QED) is 0.568. The summed E-state index contributed by atoms with van der Waals surface area (Å²) >= 11 is 0. The molecule has 0 spiro atoms. The molecule has 0 aliphatic rings. The van der Waals surface area contributed by atoms with Gasteiger partial charge in [0.1, 0.15) is 0 Å². The fourth-order valence-corrected chi connectivity index (χ4v) is 0.808. The molecule has 1 heteroatoms. The van der Waals surface area contributed by atoms with E-state index in [-0.39, 0.29) is 0 Å². The first-order valence-electron chi connectivity index (χ1n) is 4.28. The largest absolute Gasteiger partial charge is 0.393 e. The van der Waals surface area contributed by atoms with Crippen LogP contribution in [0.3, 0.4) is 0 Å². The van der Waals surface area contributed by atoms with Crippen molar-refractivity contribution in [3.63, 3.8) is 0 Å². The van der Waals surface area contributed by atoms with Gasteiger partial charge in [0.2, 0.25) is 0 Å². The van der Waals surface area contributed by atoms with Gasteiger partial charge in [0.05, 0.1) is 7.45 Å². The van der Waals surface area contributed by atoms with Crippen molar-refractivity contribution in [1.82, 2.24) is 0 Å². The van der Waals surface area contributed by atoms with Crippen molar-refractivity contribution in [2.75, 3.05) is 0 Å². The lowest BCUT2D eigenvalue weighted by Crippen LogP contribution is -1.97. The van der Waals surface area contributed by atoms with Gasteiger partial charge in [-0.1, -0.05) is 32.6 Å². The number of aliphatic hydroxyl groups is 1. The average molecular weight is 131 g/mol. The van der Waals surface area contributed by atoms with Gasteiger partial charge < -0.3 is 5.11 Å². The van der Waals surface area contributed by atoms with Crippen molar-refractivity contribution in [3.8, 4) is 0 Å². The van der Waals surface area contributed by atoms with Crippen molar-refractivity contribution in [1.29, 1.82) is 0 Å². The Kier molecular flexibility index (Phi) is 4.78. The minimum absolute atomic E-state index is 0.604. The van der Waals surface area contributed by atoms with Gasteiger partial charge in [-0.25, -0.2) is 0 Å². The smallest absolute Gasteiger partial charge is 0.0597 e. The first kappa shape index (κ1) is 7.07. The summed E-state index contributed by atoms with van der Waals surface area (Å²) in [5.41, 5.74) is 0. The van der Waals surface area contributed by atoms with Gasteiger partial charge in [0.15, 0.2) is 0 Å². The van der Waals surface area contributed by atoms with Crippen LogP contribution in [0.15, 0.2) is 0 Å². The maximum absolute atomic E-state index is 8.98. The summed E-state index contributed by atoms with van der Waals surface area (Å²) in [6.45, 7) is 3.69. The topological polar surface area (TPSA) is 20.2 Å². The van der Waals surface area contributed by atoms with Crippen LogP contribution in [0.4, 0.5) is 0 Å². The summed E-state index contributed by atoms with van der Waals surface area (Å²) < 4.78 is 7.12. The molecule has 1 N–H and O–H groups in total. The lowest BCUT2D eigenvalue weighted by atomic mass is 10.1. The van der Waals surface area contributed by atoms with Gasteiger partial charge in [0, 0.05) is 0 Å². The minimum atomic E-state index is -1.20. The fourth-order valence-electron chi connectivity index (χ4n) is 0.808. The Bertz CT molecular complexity index is 75.8. The normalized spacial score (nSPS) is 18.8. The van der Waals surface area contributed by atoms with Crippen molar-refractivity contribution >= 4 is 0 Å². The summed E-state index contributed by atoms with van der Waals surface area (Å²) in [7, 11) is 0. The van der Waals surface area contributed by atoms with Crippen LogP contribution in [0.1, 0.15) is 47.3 Å². The molecule has 9 heavy (non-hydrogen) atoms. The van der Waals surface area contributed by atoms with Crippen molar-refractivity contribution in [3.05, 3.63) is 0 Å². The molecule has 1 nitrogen and oxygen atoms in total. The molecular formula is C8H18O. The average Bonchev–Trinajstić information content (AvgIpc) is 1.78.